The lowest BCUT2D eigenvalue weighted by Crippen LogP contribution is -2.44. The number of rotatable bonds is 60. The highest BCUT2D eigenvalue weighted by molar-refractivity contribution is 5.70. The Labute approximate surface area is 498 Å². The van der Waals surface area contributed by atoms with Gasteiger partial charge in [0.2, 0.25) is 0 Å². The lowest BCUT2D eigenvalue weighted by Gasteiger charge is -2.26. The number of likely N-dealkylation sites (N-methyl/N-ethyl adjacent to an activating group) is 1. The van der Waals surface area contributed by atoms with Crippen LogP contribution in [0.3, 0.4) is 0 Å². The Morgan fingerprint density at radius 1 is 0.383 bits per heavy atom. The van der Waals surface area contributed by atoms with Crippen LogP contribution in [0.25, 0.3) is 0 Å². The molecule has 0 aliphatic heterocycles. The van der Waals surface area contributed by atoms with Crippen molar-refractivity contribution in [2.75, 3.05) is 47.5 Å². The number of unbranched alkanes of at least 4 members (excludes halogenated alkanes) is 27. The fourth-order valence-electron chi connectivity index (χ4n) is 8.98. The predicted octanol–water partition coefficient (Wildman–Crippen LogP) is 18.9. The zero-order valence-electron chi connectivity index (χ0n) is 52.9. The van der Waals surface area contributed by atoms with Crippen LogP contribution in [0.5, 0.6) is 0 Å². The van der Waals surface area contributed by atoms with Crippen molar-refractivity contribution in [3.8, 4) is 0 Å². The van der Waals surface area contributed by atoms with E-state index in [0.29, 0.717) is 17.4 Å². The Morgan fingerprint density at radius 3 is 1.10 bits per heavy atom. The molecule has 0 aromatic heterocycles. The summed E-state index contributed by atoms with van der Waals surface area (Å²) in [5.74, 6) is -2.40. The van der Waals surface area contributed by atoms with Crippen LogP contribution >= 0.6 is 0 Å². The summed E-state index contributed by atoms with van der Waals surface area (Å²) in [6.07, 6.45) is 83.4. The first-order valence-electron chi connectivity index (χ1n) is 33.0. The van der Waals surface area contributed by atoms with Crippen molar-refractivity contribution in [2.24, 2.45) is 0 Å². The summed E-state index contributed by atoms with van der Waals surface area (Å²) in [4.78, 5) is 37.3. The standard InChI is InChI=1S/C72H123NO8/c1-6-8-10-12-14-16-18-20-22-24-26-27-28-29-30-31-32-33-34-35-36-37-38-39-40-41-42-43-45-46-48-50-52-54-56-58-60-62-69(74)79-66-68(67-80-72(71(76)77)78-65-64-73(3,4)5)81-70(75)63-61-59-57-55-53-51-49-47-44-25-23-21-19-17-15-13-11-9-7-2/h9,11,15,17-18,20-21,23-24,26,28-29,44,47,51,53,57,59,68,72H,6-8,10,12-14,16,19,22,25,27,30-43,45-46,48-50,52,54-56,58,60-67H2,1-5H3/b11-9-,17-15-,20-18-,23-21-,26-24-,29-28-,47-44-,53-51-,59-57-. The van der Waals surface area contributed by atoms with Gasteiger partial charge < -0.3 is 33.3 Å². The third-order valence-electron chi connectivity index (χ3n) is 14.0. The molecule has 9 heteroatoms. The van der Waals surface area contributed by atoms with Crippen LogP contribution < -0.4 is 5.11 Å². The topological polar surface area (TPSA) is 111 Å². The number of carbonyl (C=O) groups excluding carboxylic acids is 3. The Balaban J connectivity index is 4.09. The number of ether oxygens (including phenoxy) is 4. The van der Waals surface area contributed by atoms with Crippen molar-refractivity contribution in [3.05, 3.63) is 109 Å². The summed E-state index contributed by atoms with van der Waals surface area (Å²) in [6.45, 7) is 4.54. The summed E-state index contributed by atoms with van der Waals surface area (Å²) in [5, 5.41) is 11.8. The summed E-state index contributed by atoms with van der Waals surface area (Å²) in [7, 11) is 5.90. The van der Waals surface area contributed by atoms with E-state index in [4.69, 9.17) is 18.9 Å². The fraction of sp³-hybridized carbons (Fsp3) is 0.708. The van der Waals surface area contributed by atoms with Crippen LogP contribution in [-0.2, 0) is 33.3 Å². The van der Waals surface area contributed by atoms with Gasteiger partial charge in [0.15, 0.2) is 12.4 Å². The van der Waals surface area contributed by atoms with E-state index in [9.17, 15) is 19.5 Å². The molecule has 0 heterocycles. The molecule has 0 N–H and O–H groups in total. The Morgan fingerprint density at radius 2 is 0.728 bits per heavy atom. The number of hydrogen-bond donors (Lipinski definition) is 0. The molecular formula is C72H123NO8. The molecule has 0 saturated heterocycles. The molecule has 0 aromatic rings. The van der Waals surface area contributed by atoms with E-state index in [0.717, 1.165) is 70.6 Å². The Kier molecular flexibility index (Phi) is 58.9. The lowest BCUT2D eigenvalue weighted by atomic mass is 10.0. The average molecular weight is 1130 g/mol. The van der Waals surface area contributed by atoms with Crippen LogP contribution in [0.1, 0.15) is 271 Å². The van der Waals surface area contributed by atoms with Gasteiger partial charge in [0.1, 0.15) is 13.2 Å². The molecule has 2 atom stereocenters. The lowest BCUT2D eigenvalue weighted by molar-refractivity contribution is -0.870. The number of quaternary nitrogens is 1. The molecule has 0 spiro atoms. The molecule has 0 rings (SSSR count). The molecule has 0 aliphatic rings. The number of carbonyl (C=O) groups is 3. The van der Waals surface area contributed by atoms with Crippen molar-refractivity contribution in [1.29, 1.82) is 0 Å². The highest BCUT2D eigenvalue weighted by Gasteiger charge is 2.22. The molecule has 81 heavy (non-hydrogen) atoms. The molecule has 0 amide bonds. The van der Waals surface area contributed by atoms with E-state index < -0.39 is 24.3 Å². The van der Waals surface area contributed by atoms with Gasteiger partial charge in [-0.05, 0) is 89.9 Å². The van der Waals surface area contributed by atoms with Crippen molar-refractivity contribution < 1.29 is 42.9 Å². The third kappa shape index (κ3) is 63.4. The summed E-state index contributed by atoms with van der Waals surface area (Å²) < 4.78 is 22.6. The maximum absolute atomic E-state index is 12.8. The van der Waals surface area contributed by atoms with Crippen LogP contribution in [0.15, 0.2) is 109 Å². The van der Waals surface area contributed by atoms with Crippen molar-refractivity contribution >= 4 is 17.9 Å². The minimum absolute atomic E-state index is 0.119. The molecule has 0 aliphatic carbocycles. The third-order valence-corrected chi connectivity index (χ3v) is 14.0. The van der Waals surface area contributed by atoms with E-state index >= 15 is 0 Å². The van der Waals surface area contributed by atoms with Gasteiger partial charge in [0.05, 0.1) is 40.3 Å². The van der Waals surface area contributed by atoms with Crippen molar-refractivity contribution in [2.45, 2.75) is 283 Å². The Hall–Kier alpha value is -4.05. The van der Waals surface area contributed by atoms with Gasteiger partial charge in [-0.25, -0.2) is 0 Å². The van der Waals surface area contributed by atoms with Gasteiger partial charge in [0.25, 0.3) is 0 Å². The van der Waals surface area contributed by atoms with E-state index in [1.807, 2.05) is 33.3 Å². The second kappa shape index (κ2) is 62.0. The van der Waals surface area contributed by atoms with Gasteiger partial charge >= 0.3 is 11.9 Å². The molecule has 0 radical (unpaired) electrons. The van der Waals surface area contributed by atoms with Gasteiger partial charge in [-0.1, -0.05) is 277 Å². The molecule has 464 valence electrons. The SMILES string of the molecule is CC/C=C\C/C=C\C/C=C\C/C=C\C/C=C\C/C=C\CCC(=O)OC(COC(=O)CCCCCCCCCCCCCCCCCCCCCCCC/C=C\C/C=C\C/C=C\CCCCCCC)COC(OCC[N+](C)(C)C)C(=O)[O-]. The zero-order valence-corrected chi connectivity index (χ0v) is 52.9. The summed E-state index contributed by atoms with van der Waals surface area (Å²) >= 11 is 0. The summed E-state index contributed by atoms with van der Waals surface area (Å²) in [5.41, 5.74) is 0. The Bertz CT molecular complexity index is 1700. The average Bonchev–Trinajstić information content (AvgIpc) is 3.44. The van der Waals surface area contributed by atoms with Crippen LogP contribution in [-0.4, -0.2) is 82.3 Å². The monoisotopic (exact) mass is 1130 g/mol. The highest BCUT2D eigenvalue weighted by atomic mass is 16.7. The second-order valence-corrected chi connectivity index (χ2v) is 23.0. The molecule has 0 bridgehead atoms. The summed E-state index contributed by atoms with van der Waals surface area (Å²) in [6, 6.07) is 0. The molecule has 0 saturated carbocycles. The smallest absolute Gasteiger partial charge is 0.306 e. The van der Waals surface area contributed by atoms with E-state index in [2.05, 4.69) is 111 Å². The first-order chi connectivity index (χ1) is 39.6. The zero-order chi connectivity index (χ0) is 59.1. The van der Waals surface area contributed by atoms with Crippen molar-refractivity contribution in [1.82, 2.24) is 0 Å². The van der Waals surface area contributed by atoms with Gasteiger partial charge in [-0.15, -0.1) is 0 Å². The molecule has 2 unspecified atom stereocenters. The molecular weight excluding hydrogens is 1010 g/mol. The number of hydrogen-bond acceptors (Lipinski definition) is 8. The second-order valence-electron chi connectivity index (χ2n) is 23.0. The number of carboxylic acids is 1. The maximum atomic E-state index is 12.8. The number of nitrogens with zero attached hydrogens (tertiary/aromatic N) is 1. The minimum atomic E-state index is -1.65. The number of carboxylic acid groups (broad SMARTS) is 1. The number of allylic oxidation sites excluding steroid dienone is 18. The minimum Gasteiger partial charge on any atom is -0.545 e. The van der Waals surface area contributed by atoms with Crippen molar-refractivity contribution in [3.63, 3.8) is 0 Å². The quantitative estimate of drug-likeness (QED) is 0.0195. The first-order valence-corrected chi connectivity index (χ1v) is 33.0. The number of esters is 2. The number of aliphatic carboxylic acids is 1. The fourth-order valence-corrected chi connectivity index (χ4v) is 8.98. The van der Waals surface area contributed by atoms with Gasteiger partial charge in [0, 0.05) is 12.8 Å². The highest BCUT2D eigenvalue weighted by Crippen LogP contribution is 2.17. The molecule has 0 fully saturated rings. The van der Waals surface area contributed by atoms with Gasteiger partial charge in [-0.3, -0.25) is 9.59 Å². The van der Waals surface area contributed by atoms with Gasteiger partial charge in [-0.2, -0.15) is 0 Å². The van der Waals surface area contributed by atoms with E-state index in [1.54, 1.807) is 0 Å². The maximum Gasteiger partial charge on any atom is 0.306 e. The first kappa shape index (κ1) is 77.0. The van der Waals surface area contributed by atoms with Crippen LogP contribution in [0.4, 0.5) is 0 Å². The predicted molar refractivity (Wildman–Crippen MR) is 343 cm³/mol. The van der Waals surface area contributed by atoms with E-state index in [-0.39, 0.29) is 38.6 Å². The van der Waals surface area contributed by atoms with Crippen LogP contribution in [0.2, 0.25) is 0 Å². The molecule has 0 aromatic carbocycles. The normalized spacial score (nSPS) is 13.4. The van der Waals surface area contributed by atoms with Crippen LogP contribution in [0, 0.1) is 0 Å². The molecule has 9 nitrogen and oxygen atoms in total. The largest absolute Gasteiger partial charge is 0.545 e. The van der Waals surface area contributed by atoms with E-state index in [1.165, 1.54) is 167 Å².